The van der Waals surface area contributed by atoms with Crippen molar-refractivity contribution in [1.29, 1.82) is 0 Å². The fraction of sp³-hybridized carbons (Fsp3) is 0.824. The molecule has 0 saturated carbocycles. The van der Waals surface area contributed by atoms with Crippen molar-refractivity contribution < 1.29 is 27.2 Å². The molecule has 0 spiro atoms. The monoisotopic (exact) mass is 394 g/mol. The second kappa shape index (κ2) is 23.5. The van der Waals surface area contributed by atoms with E-state index in [9.17, 15) is 4.79 Å². The molecule has 150 valence electrons. The van der Waals surface area contributed by atoms with E-state index in [-0.39, 0.29) is 15.7 Å². The first-order valence-electron chi connectivity index (χ1n) is 9.37. The summed E-state index contributed by atoms with van der Waals surface area (Å²) in [5.74, 6) is -0.340. The molecule has 0 unspecified atom stereocenters. The third-order valence-electron chi connectivity index (χ3n) is 2.67. The summed E-state index contributed by atoms with van der Waals surface area (Å²) in [6, 6.07) is 1.07. The molecule has 25 heavy (non-hydrogen) atoms. The maximum absolute atomic E-state index is 10.5. The van der Waals surface area contributed by atoms with Gasteiger partial charge in [-0.1, -0.05) is 27.4 Å². The number of hydrogen-bond acceptors (Lipinski definition) is 6. The molecule has 6 nitrogen and oxygen atoms in total. The van der Waals surface area contributed by atoms with Gasteiger partial charge >= 0.3 is 15.5 Å². The van der Waals surface area contributed by atoms with E-state index in [1.165, 1.54) is 6.08 Å². The number of hydrogen-bond donors (Lipinski definition) is 0. The molecular weight excluding hydrogens is 356 g/mol. The first-order valence-corrected chi connectivity index (χ1v) is 12.4. The van der Waals surface area contributed by atoms with Gasteiger partial charge in [0, 0.05) is 32.5 Å². The number of carbonyl (C=O) groups is 1. The van der Waals surface area contributed by atoms with Crippen molar-refractivity contribution >= 4 is 25.3 Å². The summed E-state index contributed by atoms with van der Waals surface area (Å²) < 4.78 is 26.5. The lowest BCUT2D eigenvalue weighted by molar-refractivity contribution is -0.137. The maximum Gasteiger partial charge on any atom is 0.484 e. The van der Waals surface area contributed by atoms with E-state index in [0.29, 0.717) is 6.61 Å². The highest BCUT2D eigenvalue weighted by Crippen LogP contribution is 1.96. The molecule has 0 rings (SSSR count). The number of esters is 1. The summed E-state index contributed by atoms with van der Waals surface area (Å²) in [5, 5.41) is 0. The molecule has 0 aliphatic rings. The van der Waals surface area contributed by atoms with Crippen LogP contribution >= 0.6 is 0 Å². The van der Waals surface area contributed by atoms with E-state index in [2.05, 4.69) is 27.4 Å². The van der Waals surface area contributed by atoms with Gasteiger partial charge in [0.1, 0.15) is 0 Å². The van der Waals surface area contributed by atoms with Crippen LogP contribution in [-0.2, 0) is 27.2 Å². The van der Waals surface area contributed by atoms with Crippen LogP contribution in [0.3, 0.4) is 0 Å². The van der Waals surface area contributed by atoms with Crippen LogP contribution < -0.4 is 0 Å². The van der Waals surface area contributed by atoms with Crippen LogP contribution in [0, 0.1) is 0 Å². The van der Waals surface area contributed by atoms with Crippen LogP contribution in [0.1, 0.15) is 53.4 Å². The van der Waals surface area contributed by atoms with Crippen molar-refractivity contribution in [2.75, 3.05) is 33.0 Å². The molecule has 0 saturated heterocycles. The minimum absolute atomic E-state index is 0.340. The second-order valence-electron chi connectivity index (χ2n) is 5.18. The molecule has 0 aliphatic carbocycles. The number of ether oxygens (including phenoxy) is 1. The molecule has 8 heteroatoms. The molecule has 0 fully saturated rings. The summed E-state index contributed by atoms with van der Waals surface area (Å²) in [7, 11) is -2.14. The van der Waals surface area contributed by atoms with E-state index in [1.807, 2.05) is 6.92 Å². The highest BCUT2D eigenvalue weighted by atomic mass is 28.3. The first kappa shape index (κ1) is 26.7. The number of rotatable bonds is 16. The predicted octanol–water partition coefficient (Wildman–Crippen LogP) is 2.63. The molecule has 0 aromatic heterocycles. The van der Waals surface area contributed by atoms with Gasteiger partial charge in [0.15, 0.2) is 9.76 Å². The Hall–Kier alpha value is -0.516. The van der Waals surface area contributed by atoms with Gasteiger partial charge in [0.05, 0.1) is 6.61 Å². The smallest absolute Gasteiger partial charge is 0.463 e. The fourth-order valence-corrected chi connectivity index (χ4v) is 3.94. The van der Waals surface area contributed by atoms with Gasteiger partial charge in [0.25, 0.3) is 0 Å². The van der Waals surface area contributed by atoms with Gasteiger partial charge in [0.2, 0.25) is 0 Å². The molecule has 0 heterocycles. The third-order valence-corrected chi connectivity index (χ3v) is 5.68. The molecular formula is C17H38O6Si2. The average molecular weight is 395 g/mol. The fourth-order valence-electron chi connectivity index (χ4n) is 1.47. The van der Waals surface area contributed by atoms with Crippen molar-refractivity contribution in [3.05, 3.63) is 12.7 Å². The van der Waals surface area contributed by atoms with Crippen LogP contribution in [0.5, 0.6) is 0 Å². The van der Waals surface area contributed by atoms with Crippen molar-refractivity contribution in [2.45, 2.75) is 59.4 Å². The van der Waals surface area contributed by atoms with Gasteiger partial charge < -0.3 is 22.4 Å². The van der Waals surface area contributed by atoms with Crippen molar-refractivity contribution in [2.24, 2.45) is 0 Å². The Balaban J connectivity index is 0. The van der Waals surface area contributed by atoms with E-state index < -0.39 is 9.53 Å². The molecule has 0 bridgehead atoms. The zero-order valence-electron chi connectivity index (χ0n) is 16.6. The highest BCUT2D eigenvalue weighted by molar-refractivity contribution is 6.36. The predicted molar refractivity (Wildman–Crippen MR) is 107 cm³/mol. The zero-order chi connectivity index (χ0) is 19.2. The molecule has 0 atom stereocenters. The summed E-state index contributed by atoms with van der Waals surface area (Å²) in [4.78, 5) is 10.5. The average Bonchev–Trinajstić information content (AvgIpc) is 2.64. The Kier molecular flexibility index (Phi) is 25.1. The first-order chi connectivity index (χ1) is 12.2. The standard InChI is InChI=1S/C9H22O3Si.C8H16O3Si/c1-4-7-10-13(11-8-5-2)12-9-6-3;1-3-8(9)10-6-5-7-12-11-4-2/h13H,4-9H2,1-3H3;3H,1,4-7,12H2,2H3. The van der Waals surface area contributed by atoms with Gasteiger partial charge in [-0.3, -0.25) is 0 Å². The van der Waals surface area contributed by atoms with Crippen LogP contribution in [0.2, 0.25) is 6.04 Å². The van der Waals surface area contributed by atoms with Crippen molar-refractivity contribution in [3.63, 3.8) is 0 Å². The Morgan fingerprint density at radius 1 is 0.960 bits per heavy atom. The van der Waals surface area contributed by atoms with E-state index in [1.54, 1.807) is 0 Å². The maximum atomic E-state index is 10.5. The molecule has 0 N–H and O–H groups in total. The minimum Gasteiger partial charge on any atom is -0.463 e. The molecule has 0 aromatic carbocycles. The van der Waals surface area contributed by atoms with Crippen molar-refractivity contribution in [1.82, 2.24) is 0 Å². The zero-order valence-corrected chi connectivity index (χ0v) is 19.2. The topological polar surface area (TPSA) is 63.2 Å². The minimum atomic E-state index is -1.79. The molecule has 0 amide bonds. The van der Waals surface area contributed by atoms with Crippen LogP contribution in [0.25, 0.3) is 0 Å². The van der Waals surface area contributed by atoms with Crippen LogP contribution in [-0.4, -0.2) is 58.3 Å². The highest BCUT2D eigenvalue weighted by Gasteiger charge is 2.13. The lowest BCUT2D eigenvalue weighted by Crippen LogP contribution is -2.28. The Morgan fingerprint density at radius 3 is 1.88 bits per heavy atom. The summed E-state index contributed by atoms with van der Waals surface area (Å²) in [6.45, 7) is 15.1. The van der Waals surface area contributed by atoms with Crippen LogP contribution in [0.15, 0.2) is 12.7 Å². The molecule has 0 radical (unpaired) electrons. The normalized spacial score (nSPS) is 10.8. The summed E-state index contributed by atoms with van der Waals surface area (Å²) in [6.07, 6.45) is 5.16. The van der Waals surface area contributed by atoms with Crippen LogP contribution in [0.4, 0.5) is 0 Å². The summed E-state index contributed by atoms with van der Waals surface area (Å²) >= 11 is 0. The molecule has 0 aliphatic heterocycles. The van der Waals surface area contributed by atoms with E-state index >= 15 is 0 Å². The van der Waals surface area contributed by atoms with E-state index in [0.717, 1.165) is 58.2 Å². The van der Waals surface area contributed by atoms with Crippen molar-refractivity contribution in [3.8, 4) is 0 Å². The Labute approximate surface area is 158 Å². The Bertz CT molecular complexity index is 273. The van der Waals surface area contributed by atoms with Gasteiger partial charge in [-0.15, -0.1) is 0 Å². The van der Waals surface area contributed by atoms with Gasteiger partial charge in [-0.05, 0) is 38.7 Å². The Morgan fingerprint density at radius 2 is 1.48 bits per heavy atom. The third kappa shape index (κ3) is 23.5. The van der Waals surface area contributed by atoms with Gasteiger partial charge in [-0.25, -0.2) is 4.79 Å². The van der Waals surface area contributed by atoms with E-state index in [4.69, 9.17) is 22.4 Å². The molecule has 0 aromatic rings. The SMILES string of the molecule is C=CC(=O)OCCC[SiH2]OCC.CCCO[SiH](OCCC)OCCC. The second-order valence-corrected chi connectivity index (χ2v) is 8.28. The summed E-state index contributed by atoms with van der Waals surface area (Å²) in [5.41, 5.74) is 0. The largest absolute Gasteiger partial charge is 0.484 e. The quantitative estimate of drug-likeness (QED) is 0.174. The lowest BCUT2D eigenvalue weighted by Gasteiger charge is -2.15. The number of carbonyl (C=O) groups excluding carboxylic acids is 1. The lowest BCUT2D eigenvalue weighted by atomic mass is 10.5. The van der Waals surface area contributed by atoms with Gasteiger partial charge in [-0.2, -0.15) is 0 Å².